The first-order chi connectivity index (χ1) is 31.4. The van der Waals surface area contributed by atoms with Crippen molar-refractivity contribution in [3.63, 3.8) is 0 Å². The molecule has 0 saturated carbocycles. The maximum atomic E-state index is 12.7. The van der Waals surface area contributed by atoms with Crippen molar-refractivity contribution >= 4 is 75.1 Å². The molecule has 67 heavy (non-hydrogen) atoms. The molecular formula is C37H58N7O19P3S. The number of aliphatic carboxylic acids is 1. The van der Waals surface area contributed by atoms with E-state index >= 15 is 0 Å². The van der Waals surface area contributed by atoms with Crippen LogP contribution in [-0.2, 0) is 55.5 Å². The number of amides is 2. The van der Waals surface area contributed by atoms with Gasteiger partial charge in [0, 0.05) is 43.2 Å². The van der Waals surface area contributed by atoms with Crippen LogP contribution in [0.1, 0.15) is 77.9 Å². The normalized spacial score (nSPS) is 20.4. The van der Waals surface area contributed by atoms with Crippen LogP contribution >= 0.6 is 35.2 Å². The van der Waals surface area contributed by atoms with Crippen LogP contribution in [0.4, 0.5) is 5.82 Å². The third-order valence-electron chi connectivity index (χ3n) is 9.36. The molecule has 3 rings (SSSR count). The molecule has 7 unspecified atom stereocenters. The number of aromatic nitrogens is 4. The van der Waals surface area contributed by atoms with Gasteiger partial charge in [-0.25, -0.2) is 33.4 Å². The van der Waals surface area contributed by atoms with Gasteiger partial charge in [-0.15, -0.1) is 0 Å². The van der Waals surface area contributed by atoms with Gasteiger partial charge in [-0.1, -0.05) is 56.0 Å². The Morgan fingerprint density at radius 3 is 2.21 bits per heavy atom. The molecule has 1 fully saturated rings. The Morgan fingerprint density at radius 1 is 0.910 bits per heavy atom. The number of nitrogens with one attached hydrogen (secondary N) is 2. The molecule has 2 aromatic rings. The molecule has 0 spiro atoms. The second kappa shape index (κ2) is 27.4. The average Bonchev–Trinajstić information content (AvgIpc) is 3.80. The van der Waals surface area contributed by atoms with E-state index in [1.54, 1.807) is 6.08 Å². The summed E-state index contributed by atoms with van der Waals surface area (Å²) in [6.07, 6.45) is 10.1. The fraction of sp³-hybridized carbons (Fsp3) is 0.595. The van der Waals surface area contributed by atoms with Crippen LogP contribution in [0.2, 0.25) is 0 Å². The number of ether oxygens (including phenoxy) is 1. The first kappa shape index (κ1) is 57.6. The number of allylic oxidation sites excluding steroid dienone is 5. The predicted octanol–water partition coefficient (Wildman–Crippen LogP) is 2.54. The molecule has 0 radical (unpaired) electrons. The number of unbranched alkanes of at least 4 members (excludes halogenated alkanes) is 4. The Kier molecular flexibility index (Phi) is 23.6. The molecule has 11 N–H and O–H groups in total. The highest BCUT2D eigenvalue weighted by atomic mass is 32.2. The van der Waals surface area contributed by atoms with Gasteiger partial charge in [0.15, 0.2) is 22.8 Å². The molecule has 2 aromatic heterocycles. The second-order valence-corrected chi connectivity index (χ2v) is 20.8. The van der Waals surface area contributed by atoms with Gasteiger partial charge < -0.3 is 56.0 Å². The summed E-state index contributed by atoms with van der Waals surface area (Å²) in [4.78, 5) is 98.6. The number of thioether (sulfide) groups is 1. The Labute approximate surface area is 389 Å². The monoisotopic (exact) mass is 1030 g/mol. The third kappa shape index (κ3) is 21.2. The molecule has 3 heterocycles. The van der Waals surface area contributed by atoms with Crippen molar-refractivity contribution in [2.24, 2.45) is 5.41 Å². The first-order valence-corrected chi connectivity index (χ1v) is 26.2. The standard InChI is InChI=1S/C37H58N7O19P3S/c1-37(2,32(50)35(51)40-18-17-26(45)39-19-20-67-28(48)16-14-12-10-8-6-4-3-5-7-9-11-13-15-27(46)47)22-60-66(57,58)63-65(55,56)59-21-25-31(62-64(52,53)54)30(49)36(61-25)44-24-43-29-33(38)41-23-42-34(29)44/h5-8,13,15,23-25,30-32,36,49-50H,3-4,9-12,14,16-22H2,1-2H3,(H,39,45)(H,40,51)(H,46,47)(H,55,56)(H,57,58)(H2,38,41,42)(H2,52,53,54)/b7-5+,8-6+,15-13+. The number of phosphoric acid groups is 3. The van der Waals surface area contributed by atoms with E-state index in [-0.39, 0.29) is 41.6 Å². The van der Waals surface area contributed by atoms with E-state index in [2.05, 4.69) is 52.6 Å². The number of nitrogens with zero attached hydrogens (tertiary/aromatic N) is 4. The number of fused-ring (bicyclic) bond motifs is 1. The highest BCUT2D eigenvalue weighted by Gasteiger charge is 2.50. The van der Waals surface area contributed by atoms with E-state index in [0.29, 0.717) is 18.6 Å². The lowest BCUT2D eigenvalue weighted by molar-refractivity contribution is -0.137. The first-order valence-electron chi connectivity index (χ1n) is 20.7. The molecule has 1 saturated heterocycles. The SMILES string of the molecule is CC(C)(COP(=O)(O)OP(=O)(O)OCC1OC(n2cnc3c(N)ncnc32)C(O)C1OP(=O)(O)O)C(O)C(=O)NCCC(=O)NCCSC(=O)CCCC/C=C/CC/C=C/CC/C=C/C(=O)O. The van der Waals surface area contributed by atoms with E-state index in [1.165, 1.54) is 13.8 Å². The lowest BCUT2D eigenvalue weighted by atomic mass is 9.87. The van der Waals surface area contributed by atoms with E-state index in [1.807, 2.05) is 6.08 Å². The van der Waals surface area contributed by atoms with Gasteiger partial charge in [-0.05, 0) is 44.9 Å². The molecule has 30 heteroatoms. The van der Waals surface area contributed by atoms with Gasteiger partial charge in [0.2, 0.25) is 11.8 Å². The minimum atomic E-state index is -5.59. The number of aliphatic hydroxyl groups excluding tert-OH is 2. The van der Waals surface area contributed by atoms with Crippen LogP contribution in [0.15, 0.2) is 49.1 Å². The summed E-state index contributed by atoms with van der Waals surface area (Å²) in [6, 6.07) is 0. The van der Waals surface area contributed by atoms with Crippen molar-refractivity contribution in [2.75, 3.05) is 37.8 Å². The predicted molar refractivity (Wildman–Crippen MR) is 239 cm³/mol. The fourth-order valence-corrected chi connectivity index (χ4v) is 9.49. The van der Waals surface area contributed by atoms with Gasteiger partial charge in [-0.3, -0.25) is 32.5 Å². The van der Waals surface area contributed by atoms with Crippen molar-refractivity contribution in [1.82, 2.24) is 30.2 Å². The number of phosphoric ester groups is 3. The van der Waals surface area contributed by atoms with Crippen LogP contribution in [0.3, 0.4) is 0 Å². The zero-order chi connectivity index (χ0) is 49.8. The van der Waals surface area contributed by atoms with Crippen molar-refractivity contribution in [2.45, 2.75) is 102 Å². The number of carboxylic acids is 1. The molecule has 26 nitrogen and oxygen atoms in total. The highest BCUT2D eigenvalue weighted by Crippen LogP contribution is 2.61. The van der Waals surface area contributed by atoms with Crippen LogP contribution in [0.5, 0.6) is 0 Å². The Balaban J connectivity index is 1.32. The van der Waals surface area contributed by atoms with Crippen LogP contribution in [0, 0.1) is 5.41 Å². The number of anilines is 1. The smallest absolute Gasteiger partial charge is 0.478 e. The van der Waals surface area contributed by atoms with E-state index in [0.717, 1.165) is 73.6 Å². The van der Waals surface area contributed by atoms with Gasteiger partial charge in [0.1, 0.15) is 36.3 Å². The van der Waals surface area contributed by atoms with E-state index < -0.39 is 90.5 Å². The summed E-state index contributed by atoms with van der Waals surface area (Å²) in [6.45, 7) is 0.448. The summed E-state index contributed by atoms with van der Waals surface area (Å²) >= 11 is 1.10. The number of rotatable bonds is 31. The fourth-order valence-electron chi connectivity index (χ4n) is 5.94. The molecule has 0 aliphatic carbocycles. The third-order valence-corrected chi connectivity index (χ3v) is 13.4. The topological polar surface area (TPSA) is 401 Å². The molecule has 0 aromatic carbocycles. The maximum Gasteiger partial charge on any atom is 0.481 e. The number of carbonyl (C=O) groups excluding carboxylic acids is 3. The number of aliphatic hydroxyl groups is 2. The molecular weight excluding hydrogens is 971 g/mol. The summed E-state index contributed by atoms with van der Waals surface area (Å²) in [5.74, 6) is -2.09. The van der Waals surface area contributed by atoms with Gasteiger partial charge in [0.05, 0.1) is 19.5 Å². The molecule has 7 atom stereocenters. The van der Waals surface area contributed by atoms with Crippen molar-refractivity contribution in [1.29, 1.82) is 0 Å². The Bertz CT molecular complexity index is 2210. The number of hydrogen-bond acceptors (Lipinski definition) is 19. The average molecular weight is 1030 g/mol. The molecule has 2 amide bonds. The maximum absolute atomic E-state index is 12.7. The van der Waals surface area contributed by atoms with E-state index in [9.17, 15) is 62.7 Å². The minimum absolute atomic E-state index is 0.00139. The summed E-state index contributed by atoms with van der Waals surface area (Å²) in [5.41, 5.74) is 4.25. The van der Waals surface area contributed by atoms with Crippen LogP contribution in [0.25, 0.3) is 11.2 Å². The highest BCUT2D eigenvalue weighted by molar-refractivity contribution is 8.13. The molecule has 1 aliphatic rings. The molecule has 0 bridgehead atoms. The van der Waals surface area contributed by atoms with Crippen molar-refractivity contribution in [3.8, 4) is 0 Å². The van der Waals surface area contributed by atoms with Crippen molar-refractivity contribution in [3.05, 3.63) is 49.1 Å². The number of hydrogen-bond donors (Lipinski definition) is 10. The molecule has 1 aliphatic heterocycles. The largest absolute Gasteiger partial charge is 0.481 e. The zero-order valence-electron chi connectivity index (χ0n) is 36.6. The lowest BCUT2D eigenvalue weighted by Gasteiger charge is -2.30. The number of nitrogen functional groups attached to an aromatic ring is 1. The summed E-state index contributed by atoms with van der Waals surface area (Å²) < 4.78 is 62.3. The Morgan fingerprint density at radius 2 is 1.55 bits per heavy atom. The van der Waals surface area contributed by atoms with Crippen LogP contribution < -0.4 is 16.4 Å². The minimum Gasteiger partial charge on any atom is -0.478 e. The molecule has 376 valence electrons. The quantitative estimate of drug-likeness (QED) is 0.0224. The Hall–Kier alpha value is -3.75. The summed E-state index contributed by atoms with van der Waals surface area (Å²) in [5, 5.41) is 35.1. The lowest BCUT2D eigenvalue weighted by Crippen LogP contribution is -2.46. The summed E-state index contributed by atoms with van der Waals surface area (Å²) in [7, 11) is -16.4. The van der Waals surface area contributed by atoms with Gasteiger partial charge in [-0.2, -0.15) is 4.31 Å². The second-order valence-electron chi connectivity index (χ2n) is 15.4. The van der Waals surface area contributed by atoms with Gasteiger partial charge >= 0.3 is 29.4 Å². The van der Waals surface area contributed by atoms with Crippen LogP contribution in [-0.4, -0.2) is 134 Å². The number of imidazole rings is 1. The number of nitrogens with two attached hydrogens (primary N) is 1. The number of carbonyl (C=O) groups is 4. The number of carboxylic acid groups (broad SMARTS) is 1. The van der Waals surface area contributed by atoms with E-state index in [4.69, 9.17) is 24.6 Å². The van der Waals surface area contributed by atoms with Gasteiger partial charge in [0.25, 0.3) is 0 Å². The zero-order valence-corrected chi connectivity index (χ0v) is 40.1. The van der Waals surface area contributed by atoms with Crippen molar-refractivity contribution < 1.29 is 90.4 Å².